The van der Waals surface area contributed by atoms with E-state index in [0.717, 1.165) is 11.8 Å². The van der Waals surface area contributed by atoms with Gasteiger partial charge < -0.3 is 24.4 Å². The van der Waals surface area contributed by atoms with E-state index in [1.54, 1.807) is 0 Å². The number of hydrogen-bond donors (Lipinski definition) is 4. The van der Waals surface area contributed by atoms with E-state index in [2.05, 4.69) is 43.8 Å². The van der Waals surface area contributed by atoms with Crippen LogP contribution in [0.25, 0.3) is 0 Å². The van der Waals surface area contributed by atoms with Crippen molar-refractivity contribution < 1.29 is 19.4 Å². The molecule has 1 aliphatic heterocycles. The molecule has 0 spiro atoms. The lowest BCUT2D eigenvalue weighted by molar-refractivity contribution is -0.00502. The zero-order chi connectivity index (χ0) is 19.0. The van der Waals surface area contributed by atoms with E-state index in [4.69, 9.17) is 9.16 Å². The zero-order valence-corrected chi connectivity index (χ0v) is 16.8. The van der Waals surface area contributed by atoms with Gasteiger partial charge in [-0.15, -0.1) is 0 Å². The largest absolute Gasteiger partial charge is 0.414 e. The van der Waals surface area contributed by atoms with Gasteiger partial charge in [0.2, 0.25) is 0 Å². The first-order valence-electron chi connectivity index (χ1n) is 8.06. The maximum absolute atomic E-state index is 11.7. The van der Waals surface area contributed by atoms with Gasteiger partial charge >= 0.3 is 5.69 Å². The molecule has 4 atom stereocenters. The number of ether oxygens (including phenoxy) is 1. The van der Waals surface area contributed by atoms with E-state index >= 15 is 0 Å². The predicted octanol–water partition coefficient (Wildman–Crippen LogP) is 0.624. The molecule has 0 aliphatic carbocycles. The van der Waals surface area contributed by atoms with Crippen LogP contribution in [-0.2, 0) is 9.16 Å². The summed E-state index contributed by atoms with van der Waals surface area (Å²) in [5.74, 6) is 0. The predicted molar refractivity (Wildman–Crippen MR) is 97.4 cm³/mol. The van der Waals surface area contributed by atoms with Gasteiger partial charge in [0.05, 0.1) is 11.5 Å². The Morgan fingerprint density at radius 1 is 1.28 bits per heavy atom. The number of aromatic amines is 2. The summed E-state index contributed by atoms with van der Waals surface area (Å²) in [7, 11) is -2.01. The Kier molecular flexibility index (Phi) is 6.02. The molecule has 1 saturated heterocycles. The molecule has 0 saturated carbocycles. The second-order valence-electron chi connectivity index (χ2n) is 7.65. The summed E-state index contributed by atoms with van der Waals surface area (Å²) in [4.78, 5) is 27.5. The van der Waals surface area contributed by atoms with Gasteiger partial charge in [-0.1, -0.05) is 32.5 Å². The Labute approximate surface area is 151 Å². The number of aliphatic hydroxyl groups excluding tert-OH is 2. The second-order valence-corrected chi connectivity index (χ2v) is 13.6. The summed E-state index contributed by atoms with van der Waals surface area (Å²) in [5.41, 5.74) is -2.00. The number of hydrogen-bond acceptors (Lipinski definition) is 7. The molecule has 4 N–H and O–H groups in total. The van der Waals surface area contributed by atoms with Crippen molar-refractivity contribution in [2.24, 2.45) is 0 Å². The van der Waals surface area contributed by atoms with Crippen molar-refractivity contribution in [2.45, 2.75) is 67.5 Å². The molecule has 2 heterocycles. The lowest BCUT2D eigenvalue weighted by atomic mass is 10.2. The van der Waals surface area contributed by atoms with Gasteiger partial charge in [0.15, 0.2) is 8.32 Å². The van der Waals surface area contributed by atoms with E-state index in [-0.39, 0.29) is 16.5 Å². The van der Waals surface area contributed by atoms with Crippen LogP contribution >= 0.6 is 11.8 Å². The van der Waals surface area contributed by atoms with Crippen molar-refractivity contribution in [1.29, 1.82) is 0 Å². The van der Waals surface area contributed by atoms with Crippen LogP contribution in [0.1, 0.15) is 20.8 Å². The SMILES string of the molecule is CC(C)(C)[Si](C)(C)OC[C@H]1O[C@@H](Sc2c[nH]c(=O)[nH]c2=O)[C@H](O)[C@@H]1O. The molecule has 1 aromatic heterocycles. The van der Waals surface area contributed by atoms with Crippen LogP contribution in [0, 0.1) is 0 Å². The fraction of sp³-hybridized carbons (Fsp3) is 0.733. The lowest BCUT2D eigenvalue weighted by Crippen LogP contribution is -2.44. The van der Waals surface area contributed by atoms with Crippen molar-refractivity contribution in [2.75, 3.05) is 6.61 Å². The van der Waals surface area contributed by atoms with Crippen LogP contribution in [-0.4, -0.2) is 58.9 Å². The van der Waals surface area contributed by atoms with E-state index in [0.29, 0.717) is 0 Å². The summed E-state index contributed by atoms with van der Waals surface area (Å²) in [6.45, 7) is 10.7. The molecule has 10 heteroatoms. The average Bonchev–Trinajstić information content (AvgIpc) is 2.75. The Bertz CT molecular complexity index is 713. The maximum atomic E-state index is 11.7. The Morgan fingerprint density at radius 3 is 2.48 bits per heavy atom. The second kappa shape index (κ2) is 7.37. The fourth-order valence-corrected chi connectivity index (χ4v) is 4.11. The molecule has 1 fully saturated rings. The lowest BCUT2D eigenvalue weighted by Gasteiger charge is -2.37. The van der Waals surface area contributed by atoms with Gasteiger partial charge in [-0.3, -0.25) is 9.78 Å². The summed E-state index contributed by atoms with van der Waals surface area (Å²) < 4.78 is 11.8. The quantitative estimate of drug-likeness (QED) is 0.543. The van der Waals surface area contributed by atoms with E-state index in [1.807, 2.05) is 0 Å². The third-order valence-electron chi connectivity index (χ3n) is 4.76. The minimum Gasteiger partial charge on any atom is -0.414 e. The standard InChI is InChI=1S/C15H26N2O6SSi/c1-15(2,3)25(4,5)22-7-8-10(18)11(19)13(23-8)24-9-6-16-14(21)17-12(9)20/h6,8,10-11,13,18-19H,7H2,1-5H3,(H2,16,17,20,21)/t8-,10-,11-,13+/m1/s1. The number of H-pyrrole nitrogens is 2. The molecule has 25 heavy (non-hydrogen) atoms. The van der Waals surface area contributed by atoms with Crippen LogP contribution in [0.3, 0.4) is 0 Å². The Morgan fingerprint density at radius 2 is 1.92 bits per heavy atom. The molecule has 1 aliphatic rings. The highest BCUT2D eigenvalue weighted by atomic mass is 32.2. The number of rotatable bonds is 5. The van der Waals surface area contributed by atoms with Crippen LogP contribution in [0.15, 0.2) is 20.7 Å². The van der Waals surface area contributed by atoms with Gasteiger partial charge in [-0.05, 0) is 18.1 Å². The summed E-state index contributed by atoms with van der Waals surface area (Å²) >= 11 is 0.951. The van der Waals surface area contributed by atoms with Crippen molar-refractivity contribution in [3.8, 4) is 0 Å². The molecule has 0 unspecified atom stereocenters. The van der Waals surface area contributed by atoms with Crippen molar-refractivity contribution in [3.05, 3.63) is 27.0 Å². The summed E-state index contributed by atoms with van der Waals surface area (Å²) in [6.07, 6.45) is -1.69. The molecule has 8 nitrogen and oxygen atoms in total. The monoisotopic (exact) mass is 390 g/mol. The highest BCUT2D eigenvalue weighted by molar-refractivity contribution is 7.99. The number of nitrogens with one attached hydrogen (secondary N) is 2. The van der Waals surface area contributed by atoms with Crippen LogP contribution in [0.2, 0.25) is 18.1 Å². The molecule has 0 amide bonds. The van der Waals surface area contributed by atoms with E-state index in [9.17, 15) is 19.8 Å². The number of aliphatic hydroxyl groups is 2. The maximum Gasteiger partial charge on any atom is 0.325 e. The van der Waals surface area contributed by atoms with Crippen molar-refractivity contribution in [3.63, 3.8) is 0 Å². The minimum absolute atomic E-state index is 0.0204. The smallest absolute Gasteiger partial charge is 0.325 e. The Balaban J connectivity index is 2.03. The molecule has 142 valence electrons. The minimum atomic E-state index is -2.01. The van der Waals surface area contributed by atoms with Gasteiger partial charge in [0.25, 0.3) is 5.56 Å². The third-order valence-corrected chi connectivity index (χ3v) is 10.4. The fourth-order valence-electron chi connectivity index (χ4n) is 2.07. The topological polar surface area (TPSA) is 125 Å². The molecular formula is C15H26N2O6SSi. The van der Waals surface area contributed by atoms with Crippen LogP contribution in [0.4, 0.5) is 0 Å². The summed E-state index contributed by atoms with van der Waals surface area (Å²) in [5, 5.41) is 20.4. The van der Waals surface area contributed by atoms with Gasteiger partial charge in [-0.25, -0.2) is 4.79 Å². The first-order valence-corrected chi connectivity index (χ1v) is 11.9. The molecule has 1 aromatic rings. The van der Waals surface area contributed by atoms with Gasteiger partial charge in [-0.2, -0.15) is 0 Å². The first-order chi connectivity index (χ1) is 11.4. The third kappa shape index (κ3) is 4.63. The highest BCUT2D eigenvalue weighted by Gasteiger charge is 2.45. The molecule has 0 radical (unpaired) electrons. The molecule has 0 aromatic carbocycles. The Hall–Kier alpha value is -0.913. The molecule has 0 bridgehead atoms. The van der Waals surface area contributed by atoms with Crippen molar-refractivity contribution >= 4 is 20.1 Å². The summed E-state index contributed by atoms with van der Waals surface area (Å²) in [6, 6.07) is 0. The molecular weight excluding hydrogens is 364 g/mol. The normalized spacial score (nSPS) is 27.6. The van der Waals surface area contributed by atoms with E-state index in [1.165, 1.54) is 6.20 Å². The number of thioether (sulfide) groups is 1. The zero-order valence-electron chi connectivity index (χ0n) is 15.0. The van der Waals surface area contributed by atoms with Gasteiger partial charge in [0.1, 0.15) is 23.7 Å². The highest BCUT2D eigenvalue weighted by Crippen LogP contribution is 2.38. The molecule has 2 rings (SSSR count). The number of aromatic nitrogens is 2. The van der Waals surface area contributed by atoms with Crippen LogP contribution < -0.4 is 11.2 Å². The average molecular weight is 391 g/mol. The van der Waals surface area contributed by atoms with E-state index < -0.39 is 43.3 Å². The van der Waals surface area contributed by atoms with Crippen molar-refractivity contribution in [1.82, 2.24) is 9.97 Å². The first kappa shape index (κ1) is 20.4. The van der Waals surface area contributed by atoms with Crippen LogP contribution in [0.5, 0.6) is 0 Å². The van der Waals surface area contributed by atoms with Gasteiger partial charge in [0, 0.05) is 6.20 Å².